The maximum atomic E-state index is 13.2. The molecule has 32 heavy (non-hydrogen) atoms. The molecule has 0 aliphatic carbocycles. The molecule has 1 aromatic carbocycles. The van der Waals surface area contributed by atoms with Crippen molar-refractivity contribution in [2.24, 2.45) is 5.92 Å². The lowest BCUT2D eigenvalue weighted by molar-refractivity contribution is -0.137. The Balaban J connectivity index is 1.13. The minimum atomic E-state index is 0.126. The van der Waals surface area contributed by atoms with Gasteiger partial charge < -0.3 is 14.4 Å². The molecule has 0 saturated carbocycles. The van der Waals surface area contributed by atoms with E-state index in [-0.39, 0.29) is 5.92 Å². The van der Waals surface area contributed by atoms with E-state index in [0.29, 0.717) is 17.4 Å². The summed E-state index contributed by atoms with van der Waals surface area (Å²) in [5.74, 6) is 3.20. The van der Waals surface area contributed by atoms with Crippen molar-refractivity contribution in [2.45, 2.75) is 63.8 Å². The molecule has 0 N–H and O–H groups in total. The molecule has 170 valence electrons. The van der Waals surface area contributed by atoms with Crippen LogP contribution in [0.25, 0.3) is 0 Å². The third-order valence-electron chi connectivity index (χ3n) is 7.55. The number of likely N-dealkylation sites (tertiary alicyclic amines) is 1. The molecule has 0 spiro atoms. The zero-order chi connectivity index (χ0) is 21.9. The van der Waals surface area contributed by atoms with Gasteiger partial charge >= 0.3 is 0 Å². The van der Waals surface area contributed by atoms with Crippen molar-refractivity contribution in [3.8, 4) is 0 Å². The van der Waals surface area contributed by atoms with Crippen molar-refractivity contribution in [1.29, 1.82) is 0 Å². The Hall–Kier alpha value is -2.70. The third kappa shape index (κ3) is 4.30. The number of anilines is 1. The number of fused-ring (bicyclic) bond motifs is 1. The molecule has 7 nitrogen and oxygen atoms in total. The van der Waals surface area contributed by atoms with Gasteiger partial charge in [0.15, 0.2) is 0 Å². The average molecular weight is 436 g/mol. The van der Waals surface area contributed by atoms with Crippen molar-refractivity contribution in [1.82, 2.24) is 19.7 Å². The number of carbonyl (C=O) groups excluding carboxylic acids is 2. The van der Waals surface area contributed by atoms with E-state index in [1.54, 1.807) is 0 Å². The molecule has 3 aliphatic heterocycles. The summed E-state index contributed by atoms with van der Waals surface area (Å²) in [6.07, 6.45) is 9.40. The van der Waals surface area contributed by atoms with Crippen molar-refractivity contribution in [2.75, 3.05) is 31.1 Å². The van der Waals surface area contributed by atoms with E-state index >= 15 is 0 Å². The van der Waals surface area contributed by atoms with Gasteiger partial charge in [-0.05, 0) is 62.8 Å². The largest absolute Gasteiger partial charge is 0.371 e. The zero-order valence-electron chi connectivity index (χ0n) is 18.8. The highest BCUT2D eigenvalue weighted by Crippen LogP contribution is 2.31. The molecule has 3 aliphatic rings. The van der Waals surface area contributed by atoms with Crippen LogP contribution in [-0.2, 0) is 17.8 Å². The fraction of sp³-hybridized carbons (Fsp3) is 0.600. The lowest BCUT2D eigenvalue weighted by atomic mass is 9.91. The molecule has 0 radical (unpaired) electrons. The molecular weight excluding hydrogens is 402 g/mol. The summed E-state index contributed by atoms with van der Waals surface area (Å²) >= 11 is 0. The monoisotopic (exact) mass is 435 g/mol. The fourth-order valence-electron chi connectivity index (χ4n) is 5.57. The van der Waals surface area contributed by atoms with Gasteiger partial charge in [-0.15, -0.1) is 10.2 Å². The predicted molar refractivity (Wildman–Crippen MR) is 123 cm³/mol. The van der Waals surface area contributed by atoms with Crippen LogP contribution in [0.1, 0.15) is 72.9 Å². The highest BCUT2D eigenvalue weighted by atomic mass is 16.2. The van der Waals surface area contributed by atoms with Crippen molar-refractivity contribution in [3.63, 3.8) is 0 Å². The van der Waals surface area contributed by atoms with Crippen LogP contribution in [0, 0.1) is 5.92 Å². The molecular formula is C25H33N5O2. The summed E-state index contributed by atoms with van der Waals surface area (Å²) in [4.78, 5) is 28.5. The van der Waals surface area contributed by atoms with Gasteiger partial charge in [0.05, 0.1) is 0 Å². The number of piperidine rings is 2. The van der Waals surface area contributed by atoms with Crippen molar-refractivity contribution < 1.29 is 9.59 Å². The molecule has 4 heterocycles. The Morgan fingerprint density at radius 2 is 1.62 bits per heavy atom. The van der Waals surface area contributed by atoms with Crippen LogP contribution >= 0.6 is 0 Å². The van der Waals surface area contributed by atoms with Crippen LogP contribution in [-0.4, -0.2) is 58.0 Å². The van der Waals surface area contributed by atoms with E-state index in [1.165, 1.54) is 19.3 Å². The molecule has 0 unspecified atom stereocenters. The van der Waals surface area contributed by atoms with E-state index in [0.717, 1.165) is 88.5 Å². The van der Waals surface area contributed by atoms with Gasteiger partial charge in [-0.2, -0.15) is 0 Å². The Labute approximate surface area is 189 Å². The molecule has 0 bridgehead atoms. The van der Waals surface area contributed by atoms with Crippen LogP contribution in [0.15, 0.2) is 24.3 Å². The first-order chi connectivity index (χ1) is 15.7. The average Bonchev–Trinajstić information content (AvgIpc) is 3.11. The number of hydrogen-bond acceptors (Lipinski definition) is 5. The minimum absolute atomic E-state index is 0.126. The van der Waals surface area contributed by atoms with E-state index < -0.39 is 0 Å². The summed E-state index contributed by atoms with van der Waals surface area (Å²) in [6.45, 7) is 4.49. The molecule has 1 aromatic heterocycles. The van der Waals surface area contributed by atoms with Crippen LogP contribution < -0.4 is 4.90 Å². The topological polar surface area (TPSA) is 71.3 Å². The SMILES string of the molecule is O=Cc1ccc(N2CCC(C(=O)N3CCC(c4nnc5n4CCCCC5)CC3)CC2)cc1. The standard InChI is InChI=1S/C25H33N5O2/c31-18-19-5-7-22(8-6-19)28-14-11-21(12-15-28)25(32)29-16-9-20(10-17-29)24-27-26-23-4-2-1-3-13-30(23)24/h5-8,18,20-21H,1-4,9-17H2. The van der Waals surface area contributed by atoms with Gasteiger partial charge in [-0.25, -0.2) is 0 Å². The van der Waals surface area contributed by atoms with Crippen LogP contribution in [0.3, 0.4) is 0 Å². The molecule has 5 rings (SSSR count). The van der Waals surface area contributed by atoms with Gasteiger partial charge in [0.2, 0.25) is 5.91 Å². The Kier molecular flexibility index (Phi) is 6.23. The third-order valence-corrected chi connectivity index (χ3v) is 7.55. The van der Waals surface area contributed by atoms with Crippen molar-refractivity contribution in [3.05, 3.63) is 41.5 Å². The second-order valence-electron chi connectivity index (χ2n) is 9.51. The number of aryl methyl sites for hydroxylation is 1. The first-order valence-corrected chi connectivity index (χ1v) is 12.2. The summed E-state index contributed by atoms with van der Waals surface area (Å²) in [5.41, 5.74) is 1.83. The smallest absolute Gasteiger partial charge is 0.225 e. The normalized spacial score (nSPS) is 20.6. The quantitative estimate of drug-likeness (QED) is 0.688. The van der Waals surface area contributed by atoms with E-state index in [4.69, 9.17) is 0 Å². The summed E-state index contributed by atoms with van der Waals surface area (Å²) in [5, 5.41) is 9.03. The van der Waals surface area contributed by atoms with Gasteiger partial charge in [0.25, 0.3) is 0 Å². The van der Waals surface area contributed by atoms with Gasteiger partial charge in [0.1, 0.15) is 17.9 Å². The Morgan fingerprint density at radius 3 is 2.34 bits per heavy atom. The number of aldehydes is 1. The number of amides is 1. The second kappa shape index (κ2) is 9.43. The summed E-state index contributed by atoms with van der Waals surface area (Å²) < 4.78 is 2.37. The Bertz CT molecular complexity index is 938. The lowest BCUT2D eigenvalue weighted by Crippen LogP contribution is -2.45. The lowest BCUT2D eigenvalue weighted by Gasteiger charge is -2.38. The number of benzene rings is 1. The van der Waals surface area contributed by atoms with Crippen LogP contribution in [0.4, 0.5) is 5.69 Å². The van der Waals surface area contributed by atoms with Crippen LogP contribution in [0.5, 0.6) is 0 Å². The van der Waals surface area contributed by atoms with E-state index in [2.05, 4.69) is 24.6 Å². The number of carbonyl (C=O) groups is 2. The van der Waals surface area contributed by atoms with Crippen molar-refractivity contribution >= 4 is 17.9 Å². The molecule has 0 atom stereocenters. The van der Waals surface area contributed by atoms with Gasteiger partial charge in [-0.3, -0.25) is 9.59 Å². The highest BCUT2D eigenvalue weighted by molar-refractivity contribution is 5.79. The van der Waals surface area contributed by atoms with E-state index in [1.807, 2.05) is 24.3 Å². The number of hydrogen-bond donors (Lipinski definition) is 0. The summed E-state index contributed by atoms with van der Waals surface area (Å²) in [6, 6.07) is 7.72. The molecule has 1 amide bonds. The summed E-state index contributed by atoms with van der Waals surface area (Å²) in [7, 11) is 0. The molecule has 2 fully saturated rings. The fourth-order valence-corrected chi connectivity index (χ4v) is 5.57. The predicted octanol–water partition coefficient (Wildman–Crippen LogP) is 3.44. The number of aromatic nitrogens is 3. The highest BCUT2D eigenvalue weighted by Gasteiger charge is 2.33. The number of rotatable bonds is 4. The number of nitrogens with zero attached hydrogens (tertiary/aromatic N) is 5. The molecule has 2 saturated heterocycles. The van der Waals surface area contributed by atoms with Gasteiger partial charge in [-0.1, -0.05) is 6.42 Å². The first-order valence-electron chi connectivity index (χ1n) is 12.2. The Morgan fingerprint density at radius 1 is 0.875 bits per heavy atom. The zero-order valence-corrected chi connectivity index (χ0v) is 18.8. The van der Waals surface area contributed by atoms with Crippen LogP contribution in [0.2, 0.25) is 0 Å². The van der Waals surface area contributed by atoms with E-state index in [9.17, 15) is 9.59 Å². The molecule has 7 heteroatoms. The minimum Gasteiger partial charge on any atom is -0.371 e. The first kappa shape index (κ1) is 21.2. The molecule has 2 aromatic rings. The maximum absolute atomic E-state index is 13.2. The second-order valence-corrected chi connectivity index (χ2v) is 9.51. The van der Waals surface area contributed by atoms with Gasteiger partial charge in [0, 0.05) is 62.2 Å². The maximum Gasteiger partial charge on any atom is 0.225 e.